The van der Waals surface area contributed by atoms with Crippen molar-refractivity contribution >= 4 is 26.7 Å². The van der Waals surface area contributed by atoms with Gasteiger partial charge in [0.15, 0.2) is 17.5 Å². The van der Waals surface area contributed by atoms with Gasteiger partial charge in [0.25, 0.3) is 0 Å². The maximum absolute atomic E-state index is 9.22. The Morgan fingerprint density at radius 2 is 1.24 bits per heavy atom. The Morgan fingerprint density at radius 1 is 0.568 bits per heavy atom. The summed E-state index contributed by atoms with van der Waals surface area (Å²) in [6.07, 6.45) is 3.59. The summed E-state index contributed by atoms with van der Waals surface area (Å²) < 4.78 is 0.913. The van der Waals surface area contributed by atoms with Gasteiger partial charge < -0.3 is 0 Å². The van der Waals surface area contributed by atoms with Gasteiger partial charge in [-0.3, -0.25) is 4.98 Å². The van der Waals surface area contributed by atoms with Crippen LogP contribution in [-0.4, -0.2) is 19.9 Å². The molecule has 4 aromatic carbocycles. The molecule has 0 atom stereocenters. The van der Waals surface area contributed by atoms with E-state index >= 15 is 0 Å². The molecule has 0 saturated heterocycles. The number of hydrogen-bond acceptors (Lipinski definition) is 5. The van der Waals surface area contributed by atoms with Crippen LogP contribution in [0.2, 0.25) is 0 Å². The van der Waals surface area contributed by atoms with Crippen molar-refractivity contribution in [2.75, 3.05) is 0 Å². The van der Waals surface area contributed by atoms with Crippen LogP contribution in [0.15, 0.2) is 114 Å². The lowest BCUT2D eigenvalue weighted by molar-refractivity contribution is 1.07. The third-order valence-corrected chi connectivity index (χ3v) is 6.52. The molecular weight excluding hydrogens is 522 g/mol. The van der Waals surface area contributed by atoms with E-state index in [0.717, 1.165) is 43.1 Å². The average Bonchev–Trinajstić information content (AvgIpc) is 2.97. The van der Waals surface area contributed by atoms with Crippen LogP contribution in [0.4, 0.5) is 0 Å². The van der Waals surface area contributed by atoms with Crippen LogP contribution in [-0.2, 0) is 0 Å². The smallest absolute Gasteiger partial charge is 0.164 e. The van der Waals surface area contributed by atoms with Crippen molar-refractivity contribution in [1.82, 2.24) is 19.9 Å². The minimum atomic E-state index is 0.542. The fourth-order valence-corrected chi connectivity index (χ4v) is 4.70. The molecule has 6 heteroatoms. The lowest BCUT2D eigenvalue weighted by atomic mass is 10.0. The normalized spacial score (nSPS) is 10.8. The van der Waals surface area contributed by atoms with E-state index in [9.17, 15) is 5.26 Å². The highest BCUT2D eigenvalue weighted by molar-refractivity contribution is 9.10. The molecule has 0 N–H and O–H groups in total. The minimum Gasteiger partial charge on any atom is -0.264 e. The zero-order chi connectivity index (χ0) is 25.2. The molecule has 0 spiro atoms. The highest BCUT2D eigenvalue weighted by Crippen LogP contribution is 2.31. The number of benzene rings is 4. The zero-order valence-corrected chi connectivity index (χ0v) is 21.1. The molecule has 0 radical (unpaired) electrons. The van der Waals surface area contributed by atoms with Crippen LogP contribution in [0.1, 0.15) is 5.56 Å². The molecule has 6 aromatic rings. The lowest BCUT2D eigenvalue weighted by Gasteiger charge is -2.11. The lowest BCUT2D eigenvalue weighted by Crippen LogP contribution is -2.00. The number of fused-ring (bicyclic) bond motifs is 1. The molecule has 2 heterocycles. The molecule has 0 unspecified atom stereocenters. The maximum atomic E-state index is 9.22. The third-order valence-electron chi connectivity index (χ3n) is 6.07. The summed E-state index contributed by atoms with van der Waals surface area (Å²) in [6.45, 7) is 0. The van der Waals surface area contributed by atoms with Crippen molar-refractivity contribution in [1.29, 1.82) is 5.26 Å². The van der Waals surface area contributed by atoms with Crippen molar-refractivity contribution in [3.8, 4) is 51.4 Å². The van der Waals surface area contributed by atoms with Crippen molar-refractivity contribution in [3.05, 3.63) is 119 Å². The summed E-state index contributed by atoms with van der Waals surface area (Å²) in [5.41, 5.74) is 5.16. The van der Waals surface area contributed by atoms with Gasteiger partial charge in [-0.15, -0.1) is 0 Å². The summed E-state index contributed by atoms with van der Waals surface area (Å²) >= 11 is 3.66. The molecule has 0 aliphatic rings. The van der Waals surface area contributed by atoms with Gasteiger partial charge in [0.1, 0.15) is 0 Å². The highest BCUT2D eigenvalue weighted by Gasteiger charge is 2.14. The van der Waals surface area contributed by atoms with Gasteiger partial charge in [-0.1, -0.05) is 58.4 Å². The predicted octanol–water partition coefficient (Wildman–Crippen LogP) is 7.72. The van der Waals surface area contributed by atoms with Crippen molar-refractivity contribution < 1.29 is 0 Å². The van der Waals surface area contributed by atoms with E-state index in [1.807, 2.05) is 60.8 Å². The van der Waals surface area contributed by atoms with Crippen LogP contribution >= 0.6 is 15.9 Å². The van der Waals surface area contributed by atoms with E-state index in [4.69, 9.17) is 15.0 Å². The van der Waals surface area contributed by atoms with Crippen LogP contribution in [0.25, 0.3) is 56.1 Å². The molecule has 6 rings (SSSR count). The summed E-state index contributed by atoms with van der Waals surface area (Å²) in [5.74, 6) is 1.68. The summed E-state index contributed by atoms with van der Waals surface area (Å²) in [6, 6.07) is 33.9. The molecule has 5 nitrogen and oxygen atoms in total. The van der Waals surface area contributed by atoms with Gasteiger partial charge in [-0.05, 0) is 70.9 Å². The number of nitrogens with zero attached hydrogens (tertiary/aromatic N) is 5. The molecule has 2 aromatic heterocycles. The second-order valence-corrected chi connectivity index (χ2v) is 9.44. The van der Waals surface area contributed by atoms with Crippen LogP contribution in [0.3, 0.4) is 0 Å². The first kappa shape index (κ1) is 22.7. The zero-order valence-electron chi connectivity index (χ0n) is 19.5. The van der Waals surface area contributed by atoms with Gasteiger partial charge in [-0.25, -0.2) is 15.0 Å². The second-order valence-electron chi connectivity index (χ2n) is 8.53. The Bertz CT molecular complexity index is 1790. The fourth-order valence-electron chi connectivity index (χ4n) is 4.20. The molecule has 0 aliphatic heterocycles. The van der Waals surface area contributed by atoms with E-state index in [1.54, 1.807) is 18.3 Å². The summed E-state index contributed by atoms with van der Waals surface area (Å²) in [7, 11) is 0. The number of aromatic nitrogens is 4. The Hall–Kier alpha value is -4.73. The second kappa shape index (κ2) is 9.73. The third kappa shape index (κ3) is 4.73. The monoisotopic (exact) mass is 539 g/mol. The molecule has 37 heavy (non-hydrogen) atoms. The highest BCUT2D eigenvalue weighted by atomic mass is 79.9. The van der Waals surface area contributed by atoms with Gasteiger partial charge >= 0.3 is 0 Å². The molecule has 0 bridgehead atoms. The minimum absolute atomic E-state index is 0.542. The Labute approximate surface area is 222 Å². The van der Waals surface area contributed by atoms with E-state index < -0.39 is 0 Å². The van der Waals surface area contributed by atoms with Crippen molar-refractivity contribution in [2.45, 2.75) is 0 Å². The molecular formula is C31H18BrN5. The summed E-state index contributed by atoms with van der Waals surface area (Å²) in [4.78, 5) is 18.9. The molecule has 174 valence electrons. The number of halogens is 1. The number of hydrogen-bond donors (Lipinski definition) is 0. The quantitative estimate of drug-likeness (QED) is 0.229. The SMILES string of the molecule is N#Cc1ccc(-c2nc(-c3cc(Br)cc(-c4cccnc4)c3)nc(-c3ccc4ccccc4c3)n2)cc1. The average molecular weight is 540 g/mol. The Morgan fingerprint density at radius 3 is 1.97 bits per heavy atom. The number of pyridine rings is 1. The van der Waals surface area contributed by atoms with E-state index in [1.165, 1.54) is 0 Å². The van der Waals surface area contributed by atoms with Crippen molar-refractivity contribution in [3.63, 3.8) is 0 Å². The molecule has 0 saturated carbocycles. The topological polar surface area (TPSA) is 75.3 Å². The molecule has 0 fully saturated rings. The van der Waals surface area contributed by atoms with E-state index in [-0.39, 0.29) is 0 Å². The fraction of sp³-hybridized carbons (Fsp3) is 0. The first-order chi connectivity index (χ1) is 18.2. The largest absolute Gasteiger partial charge is 0.264 e. The standard InChI is InChI=1S/C31H18BrN5/c32-28-16-26(25-6-3-13-34-19-25)15-27(17-28)31-36-29(22-9-7-20(18-33)8-10-22)35-30(37-31)24-12-11-21-4-1-2-5-23(21)14-24/h1-17,19H. The maximum Gasteiger partial charge on any atom is 0.164 e. The van der Waals surface area contributed by atoms with Gasteiger partial charge in [0, 0.05) is 39.1 Å². The molecule has 0 aliphatic carbocycles. The van der Waals surface area contributed by atoms with E-state index in [2.05, 4.69) is 57.3 Å². The van der Waals surface area contributed by atoms with Gasteiger partial charge in [-0.2, -0.15) is 5.26 Å². The van der Waals surface area contributed by atoms with Crippen molar-refractivity contribution in [2.24, 2.45) is 0 Å². The van der Waals surface area contributed by atoms with Gasteiger partial charge in [0.2, 0.25) is 0 Å². The summed E-state index contributed by atoms with van der Waals surface area (Å²) in [5, 5.41) is 11.5. The molecule has 0 amide bonds. The number of rotatable bonds is 4. The first-order valence-electron chi connectivity index (χ1n) is 11.6. The van der Waals surface area contributed by atoms with Gasteiger partial charge in [0.05, 0.1) is 11.6 Å². The van der Waals surface area contributed by atoms with Crippen LogP contribution in [0.5, 0.6) is 0 Å². The predicted molar refractivity (Wildman–Crippen MR) is 149 cm³/mol. The first-order valence-corrected chi connectivity index (χ1v) is 12.4. The Balaban J connectivity index is 1.54. The van der Waals surface area contributed by atoms with Crippen LogP contribution in [0, 0.1) is 11.3 Å². The Kier molecular flexibility index (Phi) is 5.97. The number of nitriles is 1. The van der Waals surface area contributed by atoms with E-state index in [0.29, 0.717) is 23.0 Å². The van der Waals surface area contributed by atoms with Crippen LogP contribution < -0.4 is 0 Å².